The van der Waals surface area contributed by atoms with Gasteiger partial charge in [-0.2, -0.15) is 4.52 Å². The molecular weight excluding hydrogens is 606 g/mol. The van der Waals surface area contributed by atoms with E-state index >= 15 is 0 Å². The molecule has 15 nitrogen and oxygen atoms in total. The van der Waals surface area contributed by atoms with Gasteiger partial charge in [0.15, 0.2) is 6.61 Å². The lowest BCUT2D eigenvalue weighted by atomic mass is 9.97. The molecule has 4 aromatic rings. The monoisotopic (exact) mass is 637 g/mol. The molecule has 0 fully saturated rings. The number of carbonyl (C=O) groups excluding carboxylic acids is 4. The topological polar surface area (TPSA) is 196 Å². The van der Waals surface area contributed by atoms with E-state index in [1.807, 2.05) is 36.1 Å². The molecule has 7 rings (SSSR count). The van der Waals surface area contributed by atoms with Gasteiger partial charge in [-0.3, -0.25) is 14.4 Å². The van der Waals surface area contributed by atoms with Crippen molar-refractivity contribution in [2.24, 2.45) is 5.73 Å². The molecule has 0 unspecified atom stereocenters. The number of ether oxygens (including phenoxy) is 2. The number of rotatable bonds is 7. The van der Waals surface area contributed by atoms with Crippen LogP contribution in [0.3, 0.4) is 0 Å². The minimum Gasteiger partial charge on any atom is -0.469 e. The molecule has 3 aliphatic rings. The van der Waals surface area contributed by atoms with E-state index in [0.29, 0.717) is 37.4 Å². The highest BCUT2D eigenvalue weighted by molar-refractivity contribution is 5.99. The normalized spacial score (nSPS) is 16.9. The van der Waals surface area contributed by atoms with Crippen LogP contribution in [0.1, 0.15) is 77.2 Å². The van der Waals surface area contributed by atoms with Gasteiger partial charge in [0.25, 0.3) is 17.6 Å². The van der Waals surface area contributed by atoms with Crippen molar-refractivity contribution in [3.8, 4) is 0 Å². The second-order valence-corrected chi connectivity index (χ2v) is 11.7. The third-order valence-electron chi connectivity index (χ3n) is 8.94. The van der Waals surface area contributed by atoms with E-state index in [2.05, 4.69) is 31.1 Å². The van der Waals surface area contributed by atoms with Crippen molar-refractivity contribution in [1.29, 1.82) is 0 Å². The van der Waals surface area contributed by atoms with Crippen LogP contribution in [0.25, 0.3) is 5.78 Å². The average molecular weight is 638 g/mol. The zero-order valence-corrected chi connectivity index (χ0v) is 25.7. The van der Waals surface area contributed by atoms with Crippen molar-refractivity contribution in [2.45, 2.75) is 45.3 Å². The average Bonchev–Trinajstić information content (AvgIpc) is 3.81. The lowest BCUT2D eigenvalue weighted by Crippen LogP contribution is -2.32. The van der Waals surface area contributed by atoms with Gasteiger partial charge in [0, 0.05) is 25.7 Å². The highest BCUT2D eigenvalue weighted by atomic mass is 16.5. The number of Topliss-reactive ketones (excluding diaryl/α,β-unsaturated/α-hetero) is 1. The highest BCUT2D eigenvalue weighted by Crippen LogP contribution is 2.35. The van der Waals surface area contributed by atoms with Crippen LogP contribution >= 0.6 is 0 Å². The Bertz CT molecular complexity index is 2020. The Hall–Kier alpha value is -5.86. The van der Waals surface area contributed by atoms with Crippen LogP contribution < -0.4 is 16.4 Å². The summed E-state index contributed by atoms with van der Waals surface area (Å²) in [6, 6.07) is 10.6. The molecule has 1 atom stereocenters. The van der Waals surface area contributed by atoms with Crippen LogP contribution in [0.15, 0.2) is 48.0 Å². The minimum atomic E-state index is -0.503. The number of nitrogens with two attached hydrogens (primary N) is 1. The number of amides is 2. The smallest absolute Gasteiger partial charge is 0.338 e. The van der Waals surface area contributed by atoms with Gasteiger partial charge in [-0.1, -0.05) is 29.4 Å². The van der Waals surface area contributed by atoms with E-state index in [9.17, 15) is 19.2 Å². The van der Waals surface area contributed by atoms with E-state index < -0.39 is 17.8 Å². The Kier molecular flexibility index (Phi) is 7.50. The Morgan fingerprint density at radius 2 is 1.96 bits per heavy atom. The summed E-state index contributed by atoms with van der Waals surface area (Å²) in [5.74, 6) is -1.18. The summed E-state index contributed by atoms with van der Waals surface area (Å²) in [4.78, 5) is 57.1. The highest BCUT2D eigenvalue weighted by Gasteiger charge is 2.31. The van der Waals surface area contributed by atoms with Crippen LogP contribution in [-0.4, -0.2) is 73.8 Å². The van der Waals surface area contributed by atoms with Crippen LogP contribution in [0, 0.1) is 6.92 Å². The van der Waals surface area contributed by atoms with Crippen molar-refractivity contribution in [3.63, 3.8) is 0 Å². The summed E-state index contributed by atoms with van der Waals surface area (Å²) in [6.45, 7) is 3.23. The molecule has 240 valence electrons. The number of aromatic nitrogens is 5. The molecular formula is C32H31N9O6. The quantitative estimate of drug-likeness (QED) is 0.244. The first-order chi connectivity index (χ1) is 22.7. The second-order valence-electron chi connectivity index (χ2n) is 11.7. The molecule has 0 radical (unpaired) electrons. The lowest BCUT2D eigenvalue weighted by Gasteiger charge is -2.31. The van der Waals surface area contributed by atoms with Gasteiger partial charge in [0.05, 0.1) is 18.7 Å². The number of nitrogens with zero attached hydrogens (tertiary/aromatic N) is 6. The van der Waals surface area contributed by atoms with E-state index in [1.165, 1.54) is 23.3 Å². The molecule has 1 aliphatic carbocycles. The summed E-state index contributed by atoms with van der Waals surface area (Å²) in [6.07, 6.45) is 2.08. The fraction of sp³-hybridized carbons (Fsp3) is 0.312. The molecule has 2 aromatic carbocycles. The maximum atomic E-state index is 13.6. The summed E-state index contributed by atoms with van der Waals surface area (Å²) < 4.78 is 11.6. The molecule has 2 amide bonds. The van der Waals surface area contributed by atoms with Gasteiger partial charge in [-0.15, -0.1) is 0 Å². The van der Waals surface area contributed by atoms with Gasteiger partial charge in [0.2, 0.25) is 11.7 Å². The van der Waals surface area contributed by atoms with Crippen molar-refractivity contribution in [2.75, 3.05) is 20.3 Å². The van der Waals surface area contributed by atoms with E-state index in [1.54, 1.807) is 6.07 Å². The minimum absolute atomic E-state index is 0.00301. The lowest BCUT2D eigenvalue weighted by molar-refractivity contribution is -0.116. The van der Waals surface area contributed by atoms with Crippen LogP contribution in [-0.2, 0) is 40.2 Å². The number of fused-ring (bicyclic) bond motifs is 3. The van der Waals surface area contributed by atoms with Crippen LogP contribution in [0.2, 0.25) is 0 Å². The summed E-state index contributed by atoms with van der Waals surface area (Å²) in [7, 11) is 1.34. The van der Waals surface area contributed by atoms with Crippen LogP contribution in [0.5, 0.6) is 0 Å². The Morgan fingerprint density at radius 3 is 2.74 bits per heavy atom. The second kappa shape index (κ2) is 11.8. The van der Waals surface area contributed by atoms with Crippen LogP contribution in [0.4, 0.5) is 0 Å². The molecule has 0 saturated carbocycles. The van der Waals surface area contributed by atoms with E-state index in [0.717, 1.165) is 34.2 Å². The Labute approximate surface area is 268 Å². The molecule has 15 heteroatoms. The van der Waals surface area contributed by atoms with Gasteiger partial charge >= 0.3 is 5.97 Å². The fourth-order valence-electron chi connectivity index (χ4n) is 6.45. The standard InChI is InChI=1S/C32H31N9O6/c1-16-20-7-8-23(22(20)6-5-21(16)31(45)46-2)35-29(44)25-12-24(36-32-37-38-39-41(25)32)28(43)34-13-17-3-4-18-9-10-40(14-19(18)11-17)30-27(33)26(42)15-47-30/h3-6,11-12,23H,7-10,13-15,33H2,1-2H3,(H,34,43)(H,35,44)/t23-/m0/s1. The number of benzene rings is 2. The molecule has 0 bridgehead atoms. The van der Waals surface area contributed by atoms with E-state index in [4.69, 9.17) is 15.2 Å². The summed E-state index contributed by atoms with van der Waals surface area (Å²) in [5.41, 5.74) is 12.4. The number of hydrogen-bond donors (Lipinski definition) is 3. The molecule has 4 heterocycles. The number of methoxy groups -OCH3 is 1. The maximum absolute atomic E-state index is 13.6. The molecule has 47 heavy (non-hydrogen) atoms. The largest absolute Gasteiger partial charge is 0.469 e. The fourth-order valence-corrected chi connectivity index (χ4v) is 6.45. The molecule has 0 spiro atoms. The number of hydrogen-bond acceptors (Lipinski definition) is 12. The van der Waals surface area contributed by atoms with Gasteiger partial charge in [0.1, 0.15) is 17.1 Å². The van der Waals surface area contributed by atoms with Crippen molar-refractivity contribution in [3.05, 3.63) is 98.3 Å². The third-order valence-corrected chi connectivity index (χ3v) is 8.94. The number of nitrogens with one attached hydrogen (secondary N) is 2. The summed E-state index contributed by atoms with van der Waals surface area (Å²) in [5, 5.41) is 17.3. The number of ketones is 1. The van der Waals surface area contributed by atoms with Gasteiger partial charge in [-0.05, 0) is 76.1 Å². The van der Waals surface area contributed by atoms with Crippen molar-refractivity contribution < 1.29 is 28.7 Å². The first-order valence-electron chi connectivity index (χ1n) is 15.1. The number of carbonyl (C=O) groups is 4. The SMILES string of the molecule is COC(=O)c1ccc2c(c1C)CC[C@@H]2NC(=O)c1cc(C(=O)NCc2ccc3c(c2)CN(C2=C(N)C(=O)CO2)CC3)nc2nnnn12. The van der Waals surface area contributed by atoms with Crippen molar-refractivity contribution in [1.82, 2.24) is 40.6 Å². The summed E-state index contributed by atoms with van der Waals surface area (Å²) >= 11 is 0. The number of tetrazole rings is 1. The zero-order chi connectivity index (χ0) is 32.8. The van der Waals surface area contributed by atoms with E-state index in [-0.39, 0.29) is 47.8 Å². The first-order valence-corrected chi connectivity index (χ1v) is 15.1. The predicted molar refractivity (Wildman–Crippen MR) is 164 cm³/mol. The number of esters is 1. The predicted octanol–water partition coefficient (Wildman–Crippen LogP) is 1.05. The third kappa shape index (κ3) is 5.38. The molecule has 2 aromatic heterocycles. The Morgan fingerprint density at radius 1 is 1.11 bits per heavy atom. The zero-order valence-electron chi connectivity index (χ0n) is 25.7. The maximum Gasteiger partial charge on any atom is 0.338 e. The molecule has 4 N–H and O–H groups in total. The molecule has 0 saturated heterocycles. The Balaban J connectivity index is 1.06. The van der Waals surface area contributed by atoms with Gasteiger partial charge < -0.3 is 30.7 Å². The van der Waals surface area contributed by atoms with Gasteiger partial charge in [-0.25, -0.2) is 9.78 Å². The molecule has 2 aliphatic heterocycles. The first kappa shape index (κ1) is 29.8. The van der Waals surface area contributed by atoms with Crippen molar-refractivity contribution >= 4 is 29.3 Å².